The number of hydrogen-bond acceptors (Lipinski definition) is 4. The average Bonchev–Trinajstić information content (AvgIpc) is 3.00. The van der Waals surface area contributed by atoms with Gasteiger partial charge in [0.25, 0.3) is 17.4 Å². The highest BCUT2D eigenvalue weighted by Crippen LogP contribution is 2.60. The van der Waals surface area contributed by atoms with Crippen LogP contribution >= 0.6 is 0 Å². The molecule has 2 amide bonds. The zero-order valence-electron chi connectivity index (χ0n) is 17.7. The third kappa shape index (κ3) is 2.60. The Morgan fingerprint density at radius 3 is 2.26 bits per heavy atom. The van der Waals surface area contributed by atoms with Crippen molar-refractivity contribution >= 4 is 17.6 Å². The number of rotatable bonds is 3. The first-order chi connectivity index (χ1) is 14.9. The summed E-state index contributed by atoms with van der Waals surface area (Å²) in [5.74, 6) is 1.41. The molecule has 3 N–H and O–H groups in total. The van der Waals surface area contributed by atoms with E-state index in [4.69, 9.17) is 5.73 Å². The molecular formula is C25H27N3O3. The van der Waals surface area contributed by atoms with Crippen molar-refractivity contribution in [1.29, 1.82) is 0 Å². The number of amides is 2. The first kappa shape index (κ1) is 18.8. The summed E-state index contributed by atoms with van der Waals surface area (Å²) in [5, 5.41) is 2.25. The smallest absolute Gasteiger partial charge is 0.262 e. The van der Waals surface area contributed by atoms with Crippen molar-refractivity contribution in [2.24, 2.45) is 17.8 Å². The zero-order chi connectivity index (χ0) is 21.5. The first-order valence-electron chi connectivity index (χ1n) is 11.4. The molecule has 160 valence electrons. The second-order valence-electron chi connectivity index (χ2n) is 10.2. The van der Waals surface area contributed by atoms with Crippen LogP contribution in [0.2, 0.25) is 0 Å². The van der Waals surface area contributed by atoms with E-state index in [9.17, 15) is 14.4 Å². The summed E-state index contributed by atoms with van der Waals surface area (Å²) in [5.41, 5.74) is 9.39. The van der Waals surface area contributed by atoms with Crippen LogP contribution in [0.1, 0.15) is 77.3 Å². The Kier molecular flexibility index (Phi) is 3.84. The Hall–Kier alpha value is -2.89. The van der Waals surface area contributed by atoms with E-state index in [-0.39, 0.29) is 27.9 Å². The van der Waals surface area contributed by atoms with Crippen LogP contribution in [-0.2, 0) is 11.8 Å². The van der Waals surface area contributed by atoms with Gasteiger partial charge in [-0.2, -0.15) is 0 Å². The maximum absolute atomic E-state index is 13.1. The van der Waals surface area contributed by atoms with Gasteiger partial charge in [0.15, 0.2) is 0 Å². The minimum Gasteiger partial charge on any atom is -0.384 e. The lowest BCUT2D eigenvalue weighted by Crippen LogP contribution is -2.48. The van der Waals surface area contributed by atoms with E-state index in [2.05, 4.69) is 23.5 Å². The summed E-state index contributed by atoms with van der Waals surface area (Å²) < 4.78 is 1.43. The van der Waals surface area contributed by atoms with Crippen molar-refractivity contribution in [2.45, 2.75) is 57.3 Å². The summed E-state index contributed by atoms with van der Waals surface area (Å²) in [4.78, 5) is 37.4. The third-order valence-electron chi connectivity index (χ3n) is 8.31. The van der Waals surface area contributed by atoms with Crippen LogP contribution < -0.4 is 16.6 Å². The van der Waals surface area contributed by atoms with E-state index in [1.165, 1.54) is 54.7 Å². The standard InChI is InChI=1S/C25H27N3O3/c1-2-16-3-4-17(25-10-13-5-14(11-25)7-15(6-13)12-25)8-19(16)28-20(29)9-18-21(22(28)26)24(31)27-23(18)30/h3-4,8-9,13-15H,2,5-7,10-12,26H2,1H3,(H,27,30,31). The van der Waals surface area contributed by atoms with Gasteiger partial charge in [-0.05, 0) is 85.3 Å². The SMILES string of the molecule is CCc1ccc(C23CC4CC(CC(C4)C2)C3)cc1-n1c(N)c2c(cc1=O)C(=O)NC2=O. The molecule has 1 aromatic carbocycles. The van der Waals surface area contributed by atoms with E-state index >= 15 is 0 Å². The van der Waals surface area contributed by atoms with Gasteiger partial charge in [-0.15, -0.1) is 0 Å². The fourth-order valence-corrected chi connectivity index (χ4v) is 7.39. The molecule has 0 spiro atoms. The number of imide groups is 1. The number of carbonyl (C=O) groups is 2. The molecular weight excluding hydrogens is 390 g/mol. The van der Waals surface area contributed by atoms with Crippen LogP contribution in [0.4, 0.5) is 5.82 Å². The Morgan fingerprint density at radius 2 is 1.65 bits per heavy atom. The van der Waals surface area contributed by atoms with Crippen LogP contribution in [0.5, 0.6) is 0 Å². The monoisotopic (exact) mass is 417 g/mol. The number of aromatic nitrogens is 1. The van der Waals surface area contributed by atoms with Gasteiger partial charge in [0.05, 0.1) is 16.8 Å². The largest absolute Gasteiger partial charge is 0.384 e. The highest BCUT2D eigenvalue weighted by Gasteiger charge is 2.51. The molecule has 0 saturated heterocycles. The molecule has 0 atom stereocenters. The lowest BCUT2D eigenvalue weighted by atomic mass is 9.48. The van der Waals surface area contributed by atoms with Gasteiger partial charge in [-0.25, -0.2) is 0 Å². The number of anilines is 1. The summed E-state index contributed by atoms with van der Waals surface area (Å²) in [6, 6.07) is 7.75. The zero-order valence-corrected chi connectivity index (χ0v) is 17.7. The second kappa shape index (κ2) is 6.31. The van der Waals surface area contributed by atoms with Gasteiger partial charge >= 0.3 is 0 Å². The number of hydrogen-bond donors (Lipinski definition) is 2. The minimum absolute atomic E-state index is 0.0446. The number of pyridine rings is 1. The molecule has 1 aromatic heterocycles. The molecule has 5 aliphatic rings. The quantitative estimate of drug-likeness (QED) is 0.749. The van der Waals surface area contributed by atoms with Crippen molar-refractivity contribution in [3.05, 3.63) is 56.9 Å². The van der Waals surface area contributed by atoms with Crippen LogP contribution in [0.15, 0.2) is 29.1 Å². The number of benzene rings is 1. The van der Waals surface area contributed by atoms with Crippen LogP contribution in [-0.4, -0.2) is 16.4 Å². The van der Waals surface area contributed by atoms with Crippen molar-refractivity contribution in [3.63, 3.8) is 0 Å². The fraction of sp³-hybridized carbons (Fsp3) is 0.480. The number of carbonyl (C=O) groups excluding carboxylic acids is 2. The van der Waals surface area contributed by atoms with E-state index in [0.29, 0.717) is 0 Å². The van der Waals surface area contributed by atoms with Gasteiger partial charge in [-0.3, -0.25) is 24.3 Å². The second-order valence-corrected chi connectivity index (χ2v) is 10.2. The number of nitrogen functional groups attached to an aromatic ring is 1. The van der Waals surface area contributed by atoms with Gasteiger partial charge < -0.3 is 5.73 Å². The van der Waals surface area contributed by atoms with E-state index in [0.717, 1.165) is 35.4 Å². The number of nitrogens with one attached hydrogen (secondary N) is 1. The van der Waals surface area contributed by atoms with Gasteiger partial charge in [0, 0.05) is 6.07 Å². The number of fused-ring (bicyclic) bond motifs is 1. The molecule has 4 aliphatic carbocycles. The summed E-state index contributed by atoms with van der Waals surface area (Å²) in [6.45, 7) is 2.05. The minimum atomic E-state index is -0.561. The molecule has 4 bridgehead atoms. The predicted octanol–water partition coefficient (Wildman–Crippen LogP) is 3.33. The maximum atomic E-state index is 13.1. The predicted molar refractivity (Wildman–Crippen MR) is 117 cm³/mol. The molecule has 2 aromatic rings. The number of nitrogens with two attached hydrogens (primary N) is 1. The third-order valence-corrected chi connectivity index (χ3v) is 8.31. The van der Waals surface area contributed by atoms with Crippen LogP contribution in [0.3, 0.4) is 0 Å². The maximum Gasteiger partial charge on any atom is 0.262 e. The van der Waals surface area contributed by atoms with Gasteiger partial charge in [0.1, 0.15) is 5.82 Å². The van der Waals surface area contributed by atoms with Crippen molar-refractivity contribution in [2.75, 3.05) is 5.73 Å². The molecule has 0 unspecified atom stereocenters. The van der Waals surface area contributed by atoms with Crippen LogP contribution in [0, 0.1) is 17.8 Å². The van der Waals surface area contributed by atoms with Crippen molar-refractivity contribution < 1.29 is 9.59 Å². The highest BCUT2D eigenvalue weighted by molar-refractivity contribution is 6.23. The Balaban J connectivity index is 1.53. The Bertz CT molecular complexity index is 1170. The molecule has 0 radical (unpaired) electrons. The fourth-order valence-electron chi connectivity index (χ4n) is 7.39. The molecule has 4 saturated carbocycles. The number of nitrogens with zero attached hydrogens (tertiary/aromatic N) is 1. The van der Waals surface area contributed by atoms with E-state index in [1.807, 2.05) is 6.92 Å². The van der Waals surface area contributed by atoms with Gasteiger partial charge in [0.2, 0.25) is 0 Å². The topological polar surface area (TPSA) is 94.2 Å². The number of aryl methyl sites for hydroxylation is 1. The van der Waals surface area contributed by atoms with Gasteiger partial charge in [-0.1, -0.05) is 19.1 Å². The molecule has 1 aliphatic heterocycles. The van der Waals surface area contributed by atoms with Crippen molar-refractivity contribution in [1.82, 2.24) is 9.88 Å². The lowest BCUT2D eigenvalue weighted by molar-refractivity contribution is -0.00519. The molecule has 2 heterocycles. The molecule has 6 heteroatoms. The summed E-state index contributed by atoms with van der Waals surface area (Å²) in [6.07, 6.45) is 8.56. The normalized spacial score (nSPS) is 30.5. The molecule has 4 fully saturated rings. The van der Waals surface area contributed by atoms with E-state index < -0.39 is 11.8 Å². The average molecular weight is 418 g/mol. The summed E-state index contributed by atoms with van der Waals surface area (Å²) >= 11 is 0. The highest BCUT2D eigenvalue weighted by atomic mass is 16.2. The lowest BCUT2D eigenvalue weighted by Gasteiger charge is -2.57. The first-order valence-corrected chi connectivity index (χ1v) is 11.4. The van der Waals surface area contributed by atoms with E-state index in [1.54, 1.807) is 0 Å². The Labute approximate surface area is 180 Å². The molecule has 6 nitrogen and oxygen atoms in total. The summed E-state index contributed by atoms with van der Waals surface area (Å²) in [7, 11) is 0. The van der Waals surface area contributed by atoms with Crippen molar-refractivity contribution in [3.8, 4) is 5.69 Å². The van der Waals surface area contributed by atoms with Crippen LogP contribution in [0.25, 0.3) is 5.69 Å². The Morgan fingerprint density at radius 1 is 1.00 bits per heavy atom. The molecule has 31 heavy (non-hydrogen) atoms. The molecule has 7 rings (SSSR count).